The van der Waals surface area contributed by atoms with Crippen LogP contribution in [0.4, 0.5) is 0 Å². The van der Waals surface area contributed by atoms with E-state index < -0.39 is 10.0 Å². The highest BCUT2D eigenvalue weighted by Crippen LogP contribution is 2.30. The molecule has 0 amide bonds. The van der Waals surface area contributed by atoms with Crippen molar-refractivity contribution in [1.29, 1.82) is 0 Å². The van der Waals surface area contributed by atoms with Crippen molar-refractivity contribution < 1.29 is 8.42 Å². The molecule has 0 fully saturated rings. The van der Waals surface area contributed by atoms with Crippen LogP contribution in [0.2, 0.25) is 0 Å². The molecule has 1 aromatic rings. The normalized spacial score (nSPS) is 12.3. The van der Waals surface area contributed by atoms with Crippen molar-refractivity contribution in [2.75, 3.05) is 26.7 Å². The minimum atomic E-state index is -3.35. The monoisotopic (exact) mass is 340 g/mol. The number of hydrogen-bond acceptors (Lipinski definition) is 4. The van der Waals surface area contributed by atoms with Gasteiger partial charge in [-0.25, -0.2) is 13.1 Å². The van der Waals surface area contributed by atoms with E-state index in [0.29, 0.717) is 17.3 Å². The van der Waals surface area contributed by atoms with Gasteiger partial charge in [-0.3, -0.25) is 0 Å². The summed E-state index contributed by atoms with van der Waals surface area (Å²) < 4.78 is 27.7. The van der Waals surface area contributed by atoms with E-state index in [0.717, 1.165) is 15.9 Å². The van der Waals surface area contributed by atoms with E-state index in [9.17, 15) is 8.42 Å². The third kappa shape index (κ3) is 4.33. The molecule has 0 unspecified atom stereocenters. The van der Waals surface area contributed by atoms with Gasteiger partial charge in [0.05, 0.1) is 3.79 Å². The van der Waals surface area contributed by atoms with Crippen molar-refractivity contribution in [3.63, 3.8) is 0 Å². The Balaban J connectivity index is 2.63. The van der Waals surface area contributed by atoms with Gasteiger partial charge >= 0.3 is 0 Å². The molecular formula is C10H17BrN2O2S2. The maximum atomic E-state index is 11.9. The van der Waals surface area contributed by atoms with E-state index >= 15 is 0 Å². The number of sulfonamides is 1. The highest BCUT2D eigenvalue weighted by Gasteiger charge is 2.17. The summed E-state index contributed by atoms with van der Waals surface area (Å²) in [5, 5.41) is 0. The van der Waals surface area contributed by atoms with Gasteiger partial charge in [-0.15, -0.1) is 11.3 Å². The van der Waals surface area contributed by atoms with E-state index in [-0.39, 0.29) is 0 Å². The topological polar surface area (TPSA) is 49.4 Å². The summed E-state index contributed by atoms with van der Waals surface area (Å²) >= 11 is 4.57. The SMILES string of the molecule is CCN(C)CCNS(=O)(=O)c1cc(C)c(Br)s1. The molecule has 0 aliphatic carbocycles. The van der Waals surface area contributed by atoms with Crippen LogP contribution in [0, 0.1) is 6.92 Å². The minimum Gasteiger partial charge on any atom is -0.305 e. The lowest BCUT2D eigenvalue weighted by atomic mass is 10.4. The lowest BCUT2D eigenvalue weighted by molar-refractivity contribution is 0.358. The Kier molecular flexibility index (Phi) is 5.59. The molecule has 98 valence electrons. The number of nitrogens with one attached hydrogen (secondary N) is 1. The second-order valence-corrected chi connectivity index (χ2v) is 8.18. The van der Waals surface area contributed by atoms with E-state index in [1.807, 2.05) is 20.9 Å². The lowest BCUT2D eigenvalue weighted by Crippen LogP contribution is -2.32. The third-order valence-electron chi connectivity index (χ3n) is 2.42. The Labute approximate surface area is 115 Å². The predicted octanol–water partition coefficient (Wildman–Crippen LogP) is 2.05. The molecule has 0 bridgehead atoms. The number of halogens is 1. The fourth-order valence-corrected chi connectivity index (χ4v) is 4.46. The molecule has 1 aromatic heterocycles. The van der Waals surface area contributed by atoms with Gasteiger partial charge in [0.25, 0.3) is 0 Å². The van der Waals surface area contributed by atoms with Gasteiger partial charge in [-0.1, -0.05) is 6.92 Å². The van der Waals surface area contributed by atoms with Crippen molar-refractivity contribution in [1.82, 2.24) is 9.62 Å². The summed E-state index contributed by atoms with van der Waals surface area (Å²) in [6.45, 7) is 5.96. The van der Waals surface area contributed by atoms with Crippen LogP contribution in [0.25, 0.3) is 0 Å². The van der Waals surface area contributed by atoms with E-state index in [1.54, 1.807) is 6.07 Å². The van der Waals surface area contributed by atoms with Crippen LogP contribution in [-0.4, -0.2) is 40.0 Å². The first-order valence-electron chi connectivity index (χ1n) is 5.31. The molecule has 0 atom stereocenters. The summed E-state index contributed by atoms with van der Waals surface area (Å²) in [6.07, 6.45) is 0. The number of likely N-dealkylation sites (N-methyl/N-ethyl adjacent to an activating group) is 1. The zero-order valence-corrected chi connectivity index (χ0v) is 13.4. The number of aryl methyl sites for hydroxylation is 1. The summed E-state index contributed by atoms with van der Waals surface area (Å²) in [5.74, 6) is 0. The second-order valence-electron chi connectivity index (χ2n) is 3.82. The maximum absolute atomic E-state index is 11.9. The lowest BCUT2D eigenvalue weighted by Gasteiger charge is -2.13. The smallest absolute Gasteiger partial charge is 0.250 e. The number of thiophene rings is 1. The molecule has 0 spiro atoms. The predicted molar refractivity (Wildman–Crippen MR) is 75.1 cm³/mol. The molecular weight excluding hydrogens is 324 g/mol. The average Bonchev–Trinajstić information content (AvgIpc) is 2.59. The van der Waals surface area contributed by atoms with Crippen LogP contribution in [0.5, 0.6) is 0 Å². The fraction of sp³-hybridized carbons (Fsp3) is 0.600. The summed E-state index contributed by atoms with van der Waals surface area (Å²) in [5.41, 5.74) is 0.945. The molecule has 1 rings (SSSR count). The highest BCUT2D eigenvalue weighted by molar-refractivity contribution is 9.11. The largest absolute Gasteiger partial charge is 0.305 e. The molecule has 0 radical (unpaired) electrons. The van der Waals surface area contributed by atoms with Gasteiger partial charge in [0.1, 0.15) is 4.21 Å². The quantitative estimate of drug-likeness (QED) is 0.862. The number of hydrogen-bond donors (Lipinski definition) is 1. The Hall–Kier alpha value is 0.0500. The van der Waals surface area contributed by atoms with Gasteiger partial charge in [-0.2, -0.15) is 0 Å². The van der Waals surface area contributed by atoms with Crippen LogP contribution in [0.3, 0.4) is 0 Å². The van der Waals surface area contributed by atoms with Crippen molar-refractivity contribution in [3.05, 3.63) is 15.4 Å². The third-order valence-corrected chi connectivity index (χ3v) is 6.50. The Bertz CT molecular complexity index is 451. The van der Waals surface area contributed by atoms with Crippen molar-refractivity contribution in [3.8, 4) is 0 Å². The minimum absolute atomic E-state index is 0.362. The van der Waals surface area contributed by atoms with Crippen LogP contribution >= 0.6 is 27.3 Å². The molecule has 0 aliphatic heterocycles. The summed E-state index contributed by atoms with van der Waals surface area (Å²) in [4.78, 5) is 2.05. The highest BCUT2D eigenvalue weighted by atomic mass is 79.9. The van der Waals surface area contributed by atoms with E-state index in [4.69, 9.17) is 0 Å². The molecule has 17 heavy (non-hydrogen) atoms. The van der Waals surface area contributed by atoms with Crippen LogP contribution in [0.15, 0.2) is 14.1 Å². The van der Waals surface area contributed by atoms with E-state index in [2.05, 4.69) is 25.6 Å². The summed E-state index contributed by atoms with van der Waals surface area (Å²) in [6, 6.07) is 1.68. The first-order valence-corrected chi connectivity index (χ1v) is 8.40. The fourth-order valence-electron chi connectivity index (χ4n) is 1.16. The standard InChI is InChI=1S/C10H17BrN2O2S2/c1-4-13(3)6-5-12-17(14,15)9-7-8(2)10(11)16-9/h7,12H,4-6H2,1-3H3. The molecule has 0 aliphatic rings. The van der Waals surface area contributed by atoms with Crippen LogP contribution in [-0.2, 0) is 10.0 Å². The molecule has 1 heterocycles. The van der Waals surface area contributed by atoms with Gasteiger partial charge < -0.3 is 4.90 Å². The van der Waals surface area contributed by atoms with E-state index in [1.165, 1.54) is 11.3 Å². The number of rotatable bonds is 6. The number of nitrogens with zero attached hydrogens (tertiary/aromatic N) is 1. The zero-order valence-electron chi connectivity index (χ0n) is 10.2. The van der Waals surface area contributed by atoms with Crippen molar-refractivity contribution in [2.24, 2.45) is 0 Å². The van der Waals surface area contributed by atoms with Gasteiger partial charge in [0.15, 0.2) is 0 Å². The van der Waals surface area contributed by atoms with Crippen molar-refractivity contribution >= 4 is 37.3 Å². The van der Waals surface area contributed by atoms with Gasteiger partial charge in [0, 0.05) is 13.1 Å². The molecule has 4 nitrogen and oxygen atoms in total. The Morgan fingerprint density at radius 3 is 2.65 bits per heavy atom. The van der Waals surface area contributed by atoms with Gasteiger partial charge in [-0.05, 0) is 48.1 Å². The molecule has 0 saturated carbocycles. The zero-order chi connectivity index (χ0) is 13.1. The van der Waals surface area contributed by atoms with Gasteiger partial charge in [0.2, 0.25) is 10.0 Å². The molecule has 1 N–H and O–H groups in total. The first kappa shape index (κ1) is 15.1. The van der Waals surface area contributed by atoms with Crippen molar-refractivity contribution in [2.45, 2.75) is 18.1 Å². The average molecular weight is 341 g/mol. The first-order chi connectivity index (χ1) is 7.86. The van der Waals surface area contributed by atoms with Crippen LogP contribution in [0.1, 0.15) is 12.5 Å². The Morgan fingerprint density at radius 2 is 2.18 bits per heavy atom. The summed E-state index contributed by atoms with van der Waals surface area (Å²) in [7, 11) is -1.40. The maximum Gasteiger partial charge on any atom is 0.250 e. The molecule has 0 aromatic carbocycles. The van der Waals surface area contributed by atoms with Crippen LogP contribution < -0.4 is 4.72 Å². The Morgan fingerprint density at radius 1 is 1.53 bits per heavy atom. The second kappa shape index (κ2) is 6.29. The molecule has 7 heteroatoms. The molecule has 0 saturated heterocycles.